The zero-order valence-corrected chi connectivity index (χ0v) is 10.7. The highest BCUT2D eigenvalue weighted by molar-refractivity contribution is 7.09. The smallest absolute Gasteiger partial charge is 0.267 e. The molecule has 2 aromatic rings. The molecule has 17 heavy (non-hydrogen) atoms. The second kappa shape index (κ2) is 5.14. The topological polar surface area (TPSA) is 57.8 Å². The van der Waals surface area contributed by atoms with Gasteiger partial charge in [0.25, 0.3) is 5.91 Å². The van der Waals surface area contributed by atoms with Crippen LogP contribution in [-0.4, -0.2) is 22.4 Å². The van der Waals surface area contributed by atoms with E-state index in [1.165, 1.54) is 0 Å². The highest BCUT2D eigenvalue weighted by Gasteiger charge is 2.12. The molecule has 2 heterocycles. The average molecular weight is 249 g/mol. The number of hydrogen-bond donors (Lipinski definition) is 2. The van der Waals surface area contributed by atoms with E-state index >= 15 is 0 Å². The van der Waals surface area contributed by atoms with Crippen LogP contribution >= 0.6 is 11.3 Å². The average Bonchev–Trinajstić information content (AvgIpc) is 2.95. The molecule has 0 aliphatic heterocycles. The zero-order chi connectivity index (χ0) is 12.3. The minimum Gasteiger partial charge on any atom is -0.357 e. The highest BCUT2D eigenvalue weighted by atomic mass is 32.1. The van der Waals surface area contributed by atoms with Gasteiger partial charge in [-0.25, -0.2) is 4.98 Å². The molecule has 0 spiro atoms. The van der Waals surface area contributed by atoms with E-state index in [2.05, 4.69) is 22.2 Å². The number of aromatic amines is 1. The fraction of sp³-hybridized carbons (Fsp3) is 0.333. The lowest BCUT2D eigenvalue weighted by Gasteiger charge is -2.09. The zero-order valence-electron chi connectivity index (χ0n) is 9.86. The molecule has 0 aliphatic rings. The summed E-state index contributed by atoms with van der Waals surface area (Å²) in [6.45, 7) is 4.64. The molecule has 0 aromatic carbocycles. The number of carbonyl (C=O) groups is 1. The maximum absolute atomic E-state index is 11.7. The van der Waals surface area contributed by atoms with Crippen molar-refractivity contribution < 1.29 is 4.79 Å². The van der Waals surface area contributed by atoms with Crippen LogP contribution in [0.15, 0.2) is 23.7 Å². The van der Waals surface area contributed by atoms with Crippen LogP contribution < -0.4 is 5.32 Å². The Bertz CT molecular complexity index is 490. The van der Waals surface area contributed by atoms with E-state index in [9.17, 15) is 4.79 Å². The molecule has 0 fully saturated rings. The molecule has 2 N–H and O–H groups in total. The third-order valence-electron chi connectivity index (χ3n) is 2.47. The number of nitrogens with one attached hydrogen (secondary N) is 2. The fourth-order valence-corrected chi connectivity index (χ4v) is 2.35. The van der Waals surface area contributed by atoms with Crippen LogP contribution in [0.4, 0.5) is 0 Å². The molecule has 0 saturated carbocycles. The van der Waals surface area contributed by atoms with Crippen molar-refractivity contribution in [2.45, 2.75) is 19.8 Å². The second-order valence-corrected chi connectivity index (χ2v) is 4.91. The first-order chi connectivity index (χ1) is 8.16. The molecular weight excluding hydrogens is 234 g/mol. The van der Waals surface area contributed by atoms with Crippen molar-refractivity contribution in [3.63, 3.8) is 0 Å². The van der Waals surface area contributed by atoms with E-state index in [1.54, 1.807) is 23.6 Å². The normalized spacial score (nSPS) is 12.4. The SMILES string of the molecule is Cc1csc(C(C)CNC(=O)c2ccc[nH]2)n1. The van der Waals surface area contributed by atoms with Gasteiger partial charge in [0.1, 0.15) is 5.69 Å². The quantitative estimate of drug-likeness (QED) is 0.873. The van der Waals surface area contributed by atoms with Gasteiger partial charge in [0.15, 0.2) is 0 Å². The lowest BCUT2D eigenvalue weighted by molar-refractivity contribution is 0.0947. The third kappa shape index (κ3) is 2.94. The number of hydrogen-bond acceptors (Lipinski definition) is 3. The van der Waals surface area contributed by atoms with E-state index < -0.39 is 0 Å². The van der Waals surface area contributed by atoms with Crippen LogP contribution in [0.1, 0.15) is 34.0 Å². The molecular formula is C12H15N3OS. The second-order valence-electron chi connectivity index (χ2n) is 4.02. The van der Waals surface area contributed by atoms with E-state index in [4.69, 9.17) is 0 Å². The van der Waals surface area contributed by atoms with Crippen LogP contribution in [0, 0.1) is 6.92 Å². The maximum atomic E-state index is 11.7. The van der Waals surface area contributed by atoms with Gasteiger partial charge in [0, 0.05) is 29.7 Å². The summed E-state index contributed by atoms with van der Waals surface area (Å²) in [5.41, 5.74) is 1.63. The number of aromatic nitrogens is 2. The summed E-state index contributed by atoms with van der Waals surface area (Å²) in [5.74, 6) is 0.169. The van der Waals surface area contributed by atoms with Gasteiger partial charge in [0.05, 0.1) is 5.01 Å². The van der Waals surface area contributed by atoms with Crippen molar-refractivity contribution in [3.8, 4) is 0 Å². The Hall–Kier alpha value is -1.62. The lowest BCUT2D eigenvalue weighted by atomic mass is 10.2. The summed E-state index contributed by atoms with van der Waals surface area (Å²) in [4.78, 5) is 19.0. The molecule has 0 radical (unpaired) electrons. The predicted octanol–water partition coefficient (Wildman–Crippen LogP) is 2.31. The molecule has 0 aliphatic carbocycles. The Kier molecular flexibility index (Phi) is 3.58. The minimum atomic E-state index is -0.0740. The van der Waals surface area contributed by atoms with E-state index in [0.717, 1.165) is 10.7 Å². The van der Waals surface area contributed by atoms with Gasteiger partial charge in [-0.1, -0.05) is 6.92 Å². The van der Waals surface area contributed by atoms with Gasteiger partial charge in [0.2, 0.25) is 0 Å². The van der Waals surface area contributed by atoms with Crippen molar-refractivity contribution in [2.24, 2.45) is 0 Å². The minimum absolute atomic E-state index is 0.0740. The van der Waals surface area contributed by atoms with E-state index in [1.807, 2.05) is 18.4 Å². The molecule has 90 valence electrons. The predicted molar refractivity (Wildman–Crippen MR) is 68.4 cm³/mol. The van der Waals surface area contributed by atoms with Crippen LogP contribution in [0.2, 0.25) is 0 Å². The Morgan fingerprint density at radius 1 is 1.65 bits per heavy atom. The Morgan fingerprint density at radius 3 is 3.06 bits per heavy atom. The molecule has 1 amide bonds. The summed E-state index contributed by atoms with van der Waals surface area (Å²) in [5, 5.41) is 5.98. The summed E-state index contributed by atoms with van der Waals surface area (Å²) in [6.07, 6.45) is 1.74. The number of carbonyl (C=O) groups excluding carboxylic acids is 1. The van der Waals surface area contributed by atoms with Gasteiger partial charge < -0.3 is 10.3 Å². The third-order valence-corrected chi connectivity index (χ3v) is 3.66. The van der Waals surface area contributed by atoms with Crippen molar-refractivity contribution in [1.29, 1.82) is 0 Å². The van der Waals surface area contributed by atoms with E-state index in [0.29, 0.717) is 12.2 Å². The standard InChI is InChI=1S/C12H15N3OS/c1-8(12-15-9(2)7-17-12)6-14-11(16)10-4-3-5-13-10/h3-5,7-8,13H,6H2,1-2H3,(H,14,16). The highest BCUT2D eigenvalue weighted by Crippen LogP contribution is 2.18. The van der Waals surface area contributed by atoms with Crippen molar-refractivity contribution in [1.82, 2.24) is 15.3 Å². The first-order valence-electron chi connectivity index (χ1n) is 5.50. The molecule has 0 bridgehead atoms. The monoisotopic (exact) mass is 249 g/mol. The largest absolute Gasteiger partial charge is 0.357 e. The lowest BCUT2D eigenvalue weighted by Crippen LogP contribution is -2.27. The van der Waals surface area contributed by atoms with Crippen molar-refractivity contribution >= 4 is 17.2 Å². The molecule has 4 nitrogen and oxygen atoms in total. The Labute approximate surface area is 104 Å². The van der Waals surface area contributed by atoms with Gasteiger partial charge in [-0.3, -0.25) is 4.79 Å². The van der Waals surface area contributed by atoms with Gasteiger partial charge in [-0.2, -0.15) is 0 Å². The maximum Gasteiger partial charge on any atom is 0.267 e. The molecule has 2 rings (SSSR count). The number of rotatable bonds is 4. The van der Waals surface area contributed by atoms with Crippen LogP contribution in [0.3, 0.4) is 0 Å². The first-order valence-corrected chi connectivity index (χ1v) is 6.38. The first kappa shape index (κ1) is 11.9. The molecule has 5 heteroatoms. The van der Waals surface area contributed by atoms with Crippen molar-refractivity contribution in [2.75, 3.05) is 6.54 Å². The van der Waals surface area contributed by atoms with Gasteiger partial charge >= 0.3 is 0 Å². The fourth-order valence-electron chi connectivity index (χ4n) is 1.50. The van der Waals surface area contributed by atoms with Crippen LogP contribution in [-0.2, 0) is 0 Å². The molecule has 1 atom stereocenters. The number of H-pyrrole nitrogens is 1. The summed E-state index contributed by atoms with van der Waals surface area (Å²) in [7, 11) is 0. The van der Waals surface area contributed by atoms with Crippen molar-refractivity contribution in [3.05, 3.63) is 40.1 Å². The number of amides is 1. The molecule has 0 saturated heterocycles. The van der Waals surface area contributed by atoms with E-state index in [-0.39, 0.29) is 11.8 Å². The van der Waals surface area contributed by atoms with Gasteiger partial charge in [-0.15, -0.1) is 11.3 Å². The van der Waals surface area contributed by atoms with Crippen LogP contribution in [0.25, 0.3) is 0 Å². The Morgan fingerprint density at radius 2 is 2.47 bits per heavy atom. The Balaban J connectivity index is 1.88. The summed E-state index contributed by atoms with van der Waals surface area (Å²) < 4.78 is 0. The number of nitrogens with zero attached hydrogens (tertiary/aromatic N) is 1. The summed E-state index contributed by atoms with van der Waals surface area (Å²) in [6, 6.07) is 3.57. The summed E-state index contributed by atoms with van der Waals surface area (Å²) >= 11 is 1.64. The van der Waals surface area contributed by atoms with Gasteiger partial charge in [-0.05, 0) is 19.1 Å². The molecule has 1 unspecified atom stereocenters. The molecule has 2 aromatic heterocycles. The van der Waals surface area contributed by atoms with Crippen LogP contribution in [0.5, 0.6) is 0 Å². The number of thiazole rings is 1. The number of aryl methyl sites for hydroxylation is 1.